The quantitative estimate of drug-likeness (QED) is 0.655. The van der Waals surface area contributed by atoms with Gasteiger partial charge in [0.05, 0.1) is 0 Å². The summed E-state index contributed by atoms with van der Waals surface area (Å²) in [5.74, 6) is 0. The Morgan fingerprint density at radius 1 is 0.429 bits per heavy atom. The molecule has 0 aliphatic carbocycles. The number of rotatable bonds is 2. The van der Waals surface area contributed by atoms with Crippen LogP contribution in [0.3, 0.4) is 0 Å². The molecule has 0 bridgehead atoms. The number of ether oxygens (including phenoxy) is 1. The van der Waals surface area contributed by atoms with Gasteiger partial charge in [0.1, 0.15) is 0 Å². The summed E-state index contributed by atoms with van der Waals surface area (Å²) in [6, 6.07) is 0. The Morgan fingerprint density at radius 2 is 0.571 bits per heavy atom. The fourth-order valence-electron chi connectivity index (χ4n) is 0.961. The molecule has 21 heavy (non-hydrogen) atoms. The first-order valence-electron chi connectivity index (χ1n) is 4.68. The fourth-order valence-corrected chi connectivity index (χ4v) is 0.961. The third kappa shape index (κ3) is 3.31. The van der Waals surface area contributed by atoms with Gasteiger partial charge in [-0.05, 0) is 13.8 Å². The van der Waals surface area contributed by atoms with E-state index in [0.29, 0.717) is 0 Å². The molecule has 0 aromatic heterocycles. The van der Waals surface area contributed by atoms with E-state index in [1.165, 1.54) is 0 Å². The Morgan fingerprint density at radius 3 is 0.667 bits per heavy atom. The normalized spacial score (nSPS) is 16.3. The van der Waals surface area contributed by atoms with Crippen LogP contribution in [-0.2, 0) is 4.74 Å². The summed E-state index contributed by atoms with van der Waals surface area (Å²) in [5.41, 5.74) is -11.3. The van der Waals surface area contributed by atoms with Crippen LogP contribution in [0.5, 0.6) is 0 Å². The van der Waals surface area contributed by atoms with Crippen molar-refractivity contribution in [2.45, 2.75) is 49.8 Å². The third-order valence-electron chi connectivity index (χ3n) is 2.57. The zero-order valence-corrected chi connectivity index (χ0v) is 9.94. The van der Waals surface area contributed by atoms with Crippen LogP contribution in [0.1, 0.15) is 13.8 Å². The molecule has 0 aliphatic heterocycles. The highest BCUT2D eigenvalue weighted by Crippen LogP contribution is 2.54. The second-order valence-electron chi connectivity index (χ2n) is 4.16. The molecule has 0 fully saturated rings. The SMILES string of the molecule is CC(OC(C)(C(F)(F)F)C(F)(F)F)(C(F)(F)F)C(F)(F)F. The zero-order valence-electron chi connectivity index (χ0n) is 9.94. The molecule has 0 spiro atoms. The van der Waals surface area contributed by atoms with Gasteiger partial charge in [0.25, 0.3) is 11.2 Å². The molecule has 0 saturated carbocycles. The monoisotopic (exact) mass is 346 g/mol. The first-order chi connectivity index (χ1) is 8.71. The van der Waals surface area contributed by atoms with Crippen LogP contribution in [0.2, 0.25) is 0 Å². The average molecular weight is 346 g/mol. The van der Waals surface area contributed by atoms with Crippen molar-refractivity contribution in [3.05, 3.63) is 0 Å². The largest absolute Gasteiger partial charge is 0.426 e. The minimum Gasteiger partial charge on any atom is -0.334 e. The lowest BCUT2D eigenvalue weighted by molar-refractivity contribution is -0.459. The first-order valence-corrected chi connectivity index (χ1v) is 4.68. The van der Waals surface area contributed by atoms with E-state index in [9.17, 15) is 52.7 Å². The van der Waals surface area contributed by atoms with Crippen molar-refractivity contribution in [3.63, 3.8) is 0 Å². The van der Waals surface area contributed by atoms with Crippen molar-refractivity contribution in [2.24, 2.45) is 0 Å². The lowest BCUT2D eigenvalue weighted by Gasteiger charge is -2.42. The highest BCUT2D eigenvalue weighted by Gasteiger charge is 2.78. The molecule has 0 atom stereocenters. The molecular weight excluding hydrogens is 340 g/mol. The molecule has 0 saturated heterocycles. The van der Waals surface area contributed by atoms with Gasteiger partial charge in [-0.3, -0.25) is 0 Å². The molecule has 0 N–H and O–H groups in total. The molecule has 0 unspecified atom stereocenters. The minimum absolute atomic E-state index is 0.956. The molecule has 0 aliphatic rings. The number of hydrogen-bond acceptors (Lipinski definition) is 1. The second-order valence-corrected chi connectivity index (χ2v) is 4.16. The number of halogens is 12. The van der Waals surface area contributed by atoms with Gasteiger partial charge < -0.3 is 4.74 Å². The lowest BCUT2D eigenvalue weighted by Crippen LogP contribution is -2.67. The Kier molecular flexibility index (Phi) is 4.61. The molecule has 13 heteroatoms. The summed E-state index contributed by atoms with van der Waals surface area (Å²) in [6.07, 6.45) is -26.3. The van der Waals surface area contributed by atoms with Gasteiger partial charge in [0.2, 0.25) is 0 Å². The standard InChI is InChI=1S/C8H6F12O/c1-3(5(9,10)11,6(12,13)14)21-4(2,7(15,16)17)8(18,19)20/h1-2H3. The Labute approximate surface area is 108 Å². The van der Waals surface area contributed by atoms with Crippen LogP contribution in [0.25, 0.3) is 0 Å². The van der Waals surface area contributed by atoms with Gasteiger partial charge in [-0.2, -0.15) is 52.7 Å². The molecule has 0 heterocycles. The summed E-state index contributed by atoms with van der Waals surface area (Å²) < 4.78 is 151. The number of hydrogen-bond donors (Lipinski definition) is 0. The van der Waals surface area contributed by atoms with Gasteiger partial charge >= 0.3 is 24.7 Å². The predicted octanol–water partition coefficient (Wildman–Crippen LogP) is 4.77. The van der Waals surface area contributed by atoms with Gasteiger partial charge in [-0.15, -0.1) is 0 Å². The van der Waals surface area contributed by atoms with E-state index < -0.39 is 49.8 Å². The van der Waals surface area contributed by atoms with E-state index >= 15 is 0 Å². The summed E-state index contributed by atoms with van der Waals surface area (Å²) in [7, 11) is 0. The van der Waals surface area contributed by atoms with Gasteiger partial charge in [-0.1, -0.05) is 0 Å². The van der Waals surface area contributed by atoms with Gasteiger partial charge in [0.15, 0.2) is 0 Å². The van der Waals surface area contributed by atoms with Gasteiger partial charge in [-0.25, -0.2) is 0 Å². The Balaban J connectivity index is 6.15. The van der Waals surface area contributed by atoms with E-state index in [0.717, 1.165) is 0 Å². The van der Waals surface area contributed by atoms with Crippen molar-refractivity contribution in [3.8, 4) is 0 Å². The van der Waals surface area contributed by atoms with E-state index in [2.05, 4.69) is 4.74 Å². The maximum atomic E-state index is 12.3. The van der Waals surface area contributed by atoms with Crippen molar-refractivity contribution >= 4 is 0 Å². The predicted molar refractivity (Wildman–Crippen MR) is 42.1 cm³/mol. The van der Waals surface area contributed by atoms with Crippen LogP contribution >= 0.6 is 0 Å². The molecule has 0 amide bonds. The lowest BCUT2D eigenvalue weighted by atomic mass is 10.00. The fraction of sp³-hybridized carbons (Fsp3) is 1.00. The van der Waals surface area contributed by atoms with Crippen molar-refractivity contribution in [1.82, 2.24) is 0 Å². The van der Waals surface area contributed by atoms with Gasteiger partial charge in [0, 0.05) is 0 Å². The second kappa shape index (κ2) is 4.81. The van der Waals surface area contributed by atoms with E-state index in [-0.39, 0.29) is 0 Å². The maximum absolute atomic E-state index is 12.3. The highest BCUT2D eigenvalue weighted by molar-refractivity contribution is 5.00. The summed E-state index contributed by atoms with van der Waals surface area (Å²) in [6.45, 7) is -1.91. The van der Waals surface area contributed by atoms with Crippen LogP contribution in [-0.4, -0.2) is 35.9 Å². The minimum atomic E-state index is -6.57. The van der Waals surface area contributed by atoms with E-state index in [4.69, 9.17) is 0 Å². The smallest absolute Gasteiger partial charge is 0.334 e. The van der Waals surface area contributed by atoms with Crippen molar-refractivity contribution in [1.29, 1.82) is 0 Å². The molecule has 0 radical (unpaired) electrons. The summed E-state index contributed by atoms with van der Waals surface area (Å²) >= 11 is 0. The Hall–Kier alpha value is -0.880. The van der Waals surface area contributed by atoms with Crippen LogP contribution in [0.4, 0.5) is 52.7 Å². The van der Waals surface area contributed by atoms with Crippen LogP contribution in [0, 0.1) is 0 Å². The molecule has 0 rings (SSSR count). The summed E-state index contributed by atoms with van der Waals surface area (Å²) in [4.78, 5) is 0. The third-order valence-corrected chi connectivity index (χ3v) is 2.57. The molecule has 128 valence electrons. The molecule has 1 nitrogen and oxygen atoms in total. The zero-order chi connectivity index (χ0) is 17.7. The van der Waals surface area contributed by atoms with Crippen molar-refractivity contribution < 1.29 is 57.4 Å². The number of alkyl halides is 12. The van der Waals surface area contributed by atoms with Crippen LogP contribution < -0.4 is 0 Å². The maximum Gasteiger partial charge on any atom is 0.426 e. The van der Waals surface area contributed by atoms with Crippen LogP contribution in [0.15, 0.2) is 0 Å². The topological polar surface area (TPSA) is 9.23 Å². The average Bonchev–Trinajstić information content (AvgIpc) is 2.09. The molecule has 0 aromatic carbocycles. The molecular formula is C8H6F12O. The first kappa shape index (κ1) is 20.1. The summed E-state index contributed by atoms with van der Waals surface area (Å²) in [5, 5.41) is 0. The Bertz CT molecular complexity index is 305. The van der Waals surface area contributed by atoms with E-state index in [1.54, 1.807) is 0 Å². The highest BCUT2D eigenvalue weighted by atomic mass is 19.4. The van der Waals surface area contributed by atoms with E-state index in [1.807, 2.05) is 0 Å². The van der Waals surface area contributed by atoms with Crippen molar-refractivity contribution in [2.75, 3.05) is 0 Å². The molecule has 0 aromatic rings.